The lowest BCUT2D eigenvalue weighted by molar-refractivity contribution is -0.566. The van der Waals surface area contributed by atoms with Crippen LogP contribution in [0.1, 0.15) is 10.5 Å². The van der Waals surface area contributed by atoms with Crippen LogP contribution in [-0.2, 0) is 0 Å². The lowest BCUT2D eigenvalue weighted by Crippen LogP contribution is -2.89. The topological polar surface area (TPSA) is 78.2 Å². The average molecular weight is 291 g/mol. The minimum atomic E-state index is -2.51. The van der Waals surface area contributed by atoms with Crippen LogP contribution >= 0.6 is 0 Å². The highest BCUT2D eigenvalue weighted by Gasteiger charge is 2.16. The summed E-state index contributed by atoms with van der Waals surface area (Å²) in [5.74, 6) is -0.430. The highest BCUT2D eigenvalue weighted by atomic mass is 19.3. The van der Waals surface area contributed by atoms with Crippen molar-refractivity contribution in [2.45, 2.75) is 6.43 Å². The van der Waals surface area contributed by atoms with Crippen molar-refractivity contribution in [1.29, 1.82) is 0 Å². The summed E-state index contributed by atoms with van der Waals surface area (Å²) in [5, 5.41) is 1.94. The Morgan fingerprint density at radius 1 is 1.33 bits per heavy atom. The lowest BCUT2D eigenvalue weighted by Gasteiger charge is -1.99. The second-order valence-electron chi connectivity index (χ2n) is 4.60. The van der Waals surface area contributed by atoms with Gasteiger partial charge in [0.05, 0.1) is 0 Å². The summed E-state index contributed by atoms with van der Waals surface area (Å²) >= 11 is 0. The number of primary amides is 1. The molecular weight excluding hydrogens is 278 g/mol. The third-order valence-corrected chi connectivity index (χ3v) is 3.20. The van der Waals surface area contributed by atoms with Crippen LogP contribution in [0.15, 0.2) is 36.8 Å². The Bertz CT molecular complexity index is 778. The third kappa shape index (κ3) is 2.68. The number of halogens is 2. The maximum Gasteiger partial charge on any atom is 0.359 e. The summed E-state index contributed by atoms with van der Waals surface area (Å²) in [7, 11) is 0. The van der Waals surface area contributed by atoms with Gasteiger partial charge in [-0.1, -0.05) is 0 Å². The molecule has 0 unspecified atom stereocenters. The van der Waals surface area contributed by atoms with Crippen LogP contribution in [0.5, 0.6) is 0 Å². The van der Waals surface area contributed by atoms with E-state index in [-0.39, 0.29) is 0 Å². The molecule has 0 radical (unpaired) electrons. The first-order valence-electron chi connectivity index (χ1n) is 6.41. The molecule has 0 aromatic carbocycles. The van der Waals surface area contributed by atoms with E-state index < -0.39 is 18.9 Å². The Kier molecular flexibility index (Phi) is 3.49. The summed E-state index contributed by atoms with van der Waals surface area (Å²) in [6, 6.07) is 5.40. The Morgan fingerprint density at radius 2 is 2.19 bits per heavy atom. The number of amides is 1. The SMILES string of the molecule is O=C([NH2+]CC(F)F)c1cc(-c2ccnc3[nH]ccc23)c[nH]1. The Labute approximate surface area is 118 Å². The number of hydrogen-bond acceptors (Lipinski definition) is 2. The van der Waals surface area contributed by atoms with Gasteiger partial charge in [0, 0.05) is 29.5 Å². The fraction of sp³-hybridized carbons (Fsp3) is 0.143. The molecule has 0 saturated heterocycles. The van der Waals surface area contributed by atoms with Crippen molar-refractivity contribution in [1.82, 2.24) is 15.0 Å². The molecular formula is C14H13F2N4O+. The van der Waals surface area contributed by atoms with Crippen LogP contribution in [0.3, 0.4) is 0 Å². The number of aromatic nitrogens is 3. The summed E-state index contributed by atoms with van der Waals surface area (Å²) in [4.78, 5) is 21.8. The number of nitrogens with one attached hydrogen (secondary N) is 2. The number of hydrogen-bond donors (Lipinski definition) is 3. The Morgan fingerprint density at radius 3 is 3.00 bits per heavy atom. The molecule has 108 valence electrons. The van der Waals surface area contributed by atoms with Gasteiger partial charge in [-0.15, -0.1) is 0 Å². The van der Waals surface area contributed by atoms with Crippen LogP contribution < -0.4 is 5.32 Å². The van der Waals surface area contributed by atoms with Crippen LogP contribution in [-0.4, -0.2) is 33.8 Å². The van der Waals surface area contributed by atoms with E-state index in [1.165, 1.54) is 0 Å². The van der Waals surface area contributed by atoms with E-state index in [0.29, 0.717) is 5.69 Å². The predicted molar refractivity (Wildman–Crippen MR) is 73.0 cm³/mol. The molecule has 1 amide bonds. The van der Waals surface area contributed by atoms with Crippen molar-refractivity contribution in [2.24, 2.45) is 0 Å². The maximum absolute atomic E-state index is 12.1. The second-order valence-corrected chi connectivity index (χ2v) is 4.60. The van der Waals surface area contributed by atoms with E-state index in [1.54, 1.807) is 24.7 Å². The molecule has 0 aliphatic carbocycles. The zero-order valence-electron chi connectivity index (χ0n) is 10.9. The molecule has 0 fully saturated rings. The minimum absolute atomic E-state index is 0.297. The summed E-state index contributed by atoms with van der Waals surface area (Å²) < 4.78 is 24.2. The van der Waals surface area contributed by atoms with Crippen LogP contribution in [0.4, 0.5) is 8.78 Å². The fourth-order valence-electron chi connectivity index (χ4n) is 2.21. The van der Waals surface area contributed by atoms with E-state index in [9.17, 15) is 13.6 Å². The number of aromatic amines is 2. The van der Waals surface area contributed by atoms with Crippen LogP contribution in [0, 0.1) is 0 Å². The molecule has 0 atom stereocenters. The number of alkyl halides is 2. The van der Waals surface area contributed by atoms with Crippen molar-refractivity contribution in [3.63, 3.8) is 0 Å². The molecule has 3 aromatic heterocycles. The van der Waals surface area contributed by atoms with Crippen molar-refractivity contribution in [2.75, 3.05) is 6.54 Å². The Balaban J connectivity index is 1.88. The smallest absolute Gasteiger partial charge is 0.353 e. The standard InChI is InChI=1S/C14H12F2N4O/c15-12(16)7-20-14(21)11-5-8(6-19-11)9-1-3-17-13-10(9)2-4-18-13/h1-6,12,19H,7H2,(H,17,18)(H,20,21)/p+1. The van der Waals surface area contributed by atoms with Gasteiger partial charge in [-0.05, 0) is 23.8 Å². The number of carbonyl (C=O) groups is 1. The first-order chi connectivity index (χ1) is 10.1. The van der Waals surface area contributed by atoms with Crippen molar-refractivity contribution in [3.05, 3.63) is 42.5 Å². The van der Waals surface area contributed by atoms with Gasteiger partial charge < -0.3 is 9.97 Å². The highest BCUT2D eigenvalue weighted by Crippen LogP contribution is 2.27. The highest BCUT2D eigenvalue weighted by molar-refractivity contribution is 5.94. The third-order valence-electron chi connectivity index (χ3n) is 3.20. The molecule has 3 heterocycles. The van der Waals surface area contributed by atoms with Gasteiger partial charge in [-0.25, -0.2) is 18.6 Å². The first kappa shape index (κ1) is 13.4. The zero-order chi connectivity index (χ0) is 14.8. The number of pyridine rings is 1. The molecule has 5 nitrogen and oxygen atoms in total. The fourth-order valence-corrected chi connectivity index (χ4v) is 2.21. The van der Waals surface area contributed by atoms with Gasteiger partial charge >= 0.3 is 5.91 Å². The van der Waals surface area contributed by atoms with Crippen molar-refractivity contribution in [3.8, 4) is 11.1 Å². The number of nitrogens with two attached hydrogens (primary N) is 1. The van der Waals surface area contributed by atoms with Gasteiger partial charge in [0.2, 0.25) is 0 Å². The summed E-state index contributed by atoms with van der Waals surface area (Å²) in [6.07, 6.45) is 2.63. The van der Waals surface area contributed by atoms with Crippen molar-refractivity contribution >= 4 is 16.9 Å². The molecule has 0 saturated carbocycles. The van der Waals surface area contributed by atoms with Gasteiger partial charge in [0.25, 0.3) is 6.43 Å². The normalized spacial score (nSPS) is 11.4. The maximum atomic E-state index is 12.1. The molecule has 0 bridgehead atoms. The molecule has 0 aliphatic rings. The van der Waals surface area contributed by atoms with Gasteiger partial charge in [-0.3, -0.25) is 5.32 Å². The summed E-state index contributed by atoms with van der Waals surface area (Å²) in [5.41, 5.74) is 2.79. The molecule has 7 heteroatoms. The molecule has 3 aromatic rings. The van der Waals surface area contributed by atoms with Crippen LogP contribution in [0.25, 0.3) is 22.2 Å². The van der Waals surface area contributed by atoms with Gasteiger partial charge in [0.15, 0.2) is 0 Å². The van der Waals surface area contributed by atoms with Crippen LogP contribution in [0.2, 0.25) is 0 Å². The summed E-state index contributed by atoms with van der Waals surface area (Å²) in [6.45, 7) is -0.537. The Hall–Kier alpha value is -2.54. The predicted octanol–water partition coefficient (Wildman–Crippen LogP) is 1.53. The average Bonchev–Trinajstić information content (AvgIpc) is 3.12. The lowest BCUT2D eigenvalue weighted by atomic mass is 10.1. The van der Waals surface area contributed by atoms with E-state index in [2.05, 4.69) is 15.0 Å². The largest absolute Gasteiger partial charge is 0.359 e. The number of fused-ring (bicyclic) bond motifs is 1. The molecule has 3 rings (SSSR count). The monoisotopic (exact) mass is 291 g/mol. The molecule has 21 heavy (non-hydrogen) atoms. The van der Waals surface area contributed by atoms with Crippen molar-refractivity contribution < 1.29 is 18.9 Å². The van der Waals surface area contributed by atoms with Gasteiger partial charge in [-0.2, -0.15) is 0 Å². The quantitative estimate of drug-likeness (QED) is 0.681. The van der Waals surface area contributed by atoms with E-state index >= 15 is 0 Å². The number of carbonyl (C=O) groups excluding carboxylic acids is 1. The van der Waals surface area contributed by atoms with E-state index in [4.69, 9.17) is 0 Å². The number of nitrogens with zero attached hydrogens (tertiary/aromatic N) is 1. The van der Waals surface area contributed by atoms with E-state index in [0.717, 1.165) is 27.5 Å². The second kappa shape index (κ2) is 5.45. The zero-order valence-corrected chi connectivity index (χ0v) is 10.9. The molecule has 0 aliphatic heterocycles. The number of quaternary nitrogens is 1. The number of rotatable bonds is 4. The van der Waals surface area contributed by atoms with E-state index in [1.807, 2.05) is 12.1 Å². The molecule has 4 N–H and O–H groups in total. The minimum Gasteiger partial charge on any atom is -0.353 e. The first-order valence-corrected chi connectivity index (χ1v) is 6.41. The number of H-pyrrole nitrogens is 2. The van der Waals surface area contributed by atoms with Gasteiger partial charge in [0.1, 0.15) is 17.9 Å². The molecule has 0 spiro atoms.